The van der Waals surface area contributed by atoms with Crippen molar-refractivity contribution in [2.75, 3.05) is 28.6 Å². The molecule has 35 heavy (non-hydrogen) atoms. The number of hydrogen-bond donors (Lipinski definition) is 0. The molecule has 1 amide bonds. The second-order valence-electron chi connectivity index (χ2n) is 8.95. The van der Waals surface area contributed by atoms with Crippen molar-refractivity contribution in [1.82, 2.24) is 15.0 Å². The van der Waals surface area contributed by atoms with Gasteiger partial charge >= 0.3 is 6.01 Å². The number of aryl methyl sites for hydroxylation is 2. The van der Waals surface area contributed by atoms with Crippen molar-refractivity contribution < 1.29 is 8.98 Å². The molecular weight excluding hydrogens is 521 g/mol. The highest BCUT2D eigenvalue weighted by Crippen LogP contribution is 2.45. The molecule has 2 atom stereocenters. The summed E-state index contributed by atoms with van der Waals surface area (Å²) < 4.78 is 6.96. The number of rotatable bonds is 4. The molecule has 2 aromatic heterocycles. The van der Waals surface area contributed by atoms with Crippen LogP contribution in [0.25, 0.3) is 11.1 Å². The number of carbonyl (C=O) groups is 1. The molecule has 5 rings (SSSR count). The lowest BCUT2D eigenvalue weighted by Gasteiger charge is -2.30. The number of carbonyl (C=O) groups excluding carboxylic acids is 1. The van der Waals surface area contributed by atoms with E-state index >= 15 is 0 Å². The molecule has 0 radical (unpaired) electrons. The van der Waals surface area contributed by atoms with Crippen molar-refractivity contribution in [1.29, 1.82) is 0 Å². The smallest absolute Gasteiger partial charge is 0.330 e. The molecule has 0 aliphatic carbocycles. The fraction of sp³-hybridized carbons (Fsp3) is 0.333. The Labute approximate surface area is 220 Å². The summed E-state index contributed by atoms with van der Waals surface area (Å²) in [6.45, 7) is 3.95. The summed E-state index contributed by atoms with van der Waals surface area (Å²) in [6.07, 6.45) is 7.60. The number of halogens is 1. The predicted octanol–water partition coefficient (Wildman–Crippen LogP) is 5.59. The van der Waals surface area contributed by atoms with E-state index in [2.05, 4.69) is 43.2 Å². The Balaban J connectivity index is 1.74. The van der Waals surface area contributed by atoms with E-state index in [1.165, 1.54) is 23.7 Å². The number of fused-ring (bicyclic) bond motifs is 4. The number of aromatic nitrogens is 3. The molecule has 2 aliphatic heterocycles. The highest BCUT2D eigenvalue weighted by Gasteiger charge is 2.35. The van der Waals surface area contributed by atoms with Crippen LogP contribution >= 0.6 is 43.1 Å². The summed E-state index contributed by atoms with van der Waals surface area (Å²) >= 11 is 2.02. The maximum Gasteiger partial charge on any atom is 0.330 e. The number of nitrogens with zero attached hydrogens (tertiary/aromatic N) is 5. The zero-order valence-corrected chi connectivity index (χ0v) is 22.9. The summed E-state index contributed by atoms with van der Waals surface area (Å²) in [6, 6.07) is 10.5. The zero-order chi connectivity index (χ0) is 24.6. The van der Waals surface area contributed by atoms with Gasteiger partial charge in [-0.05, 0) is 48.4 Å². The summed E-state index contributed by atoms with van der Waals surface area (Å²) in [4.78, 5) is 29.9. The van der Waals surface area contributed by atoms with Crippen LogP contribution in [0.2, 0.25) is 0 Å². The predicted molar refractivity (Wildman–Crippen MR) is 148 cm³/mol. The molecule has 1 saturated heterocycles. The first-order valence-corrected chi connectivity index (χ1v) is 14.6. The lowest BCUT2D eigenvalue weighted by Crippen LogP contribution is -2.31. The van der Waals surface area contributed by atoms with Crippen LogP contribution in [0.15, 0.2) is 42.7 Å². The van der Waals surface area contributed by atoms with E-state index in [4.69, 9.17) is 19.8 Å². The van der Waals surface area contributed by atoms with Crippen LogP contribution < -0.4 is 13.4 Å². The van der Waals surface area contributed by atoms with Crippen molar-refractivity contribution in [3.8, 4) is 17.1 Å². The lowest BCUT2D eigenvalue weighted by molar-refractivity contribution is 0.101. The molecule has 0 N–H and O–H groups in total. The standard InChI is InChI=1S/C24H25ClN5O2PS2/c1-24(33)10-12-29(14-24)21-20-17(9-11-26-21)16-6-4-3-5-15(16)7-8-19-18(22(31)30(20)34-2)13-27-23(28-19)32-35-25/h3-6,9,11,13H,7-8,10,12,14,33H2,1-2H3. The van der Waals surface area contributed by atoms with Gasteiger partial charge in [-0.15, -0.1) is 9.24 Å². The van der Waals surface area contributed by atoms with Gasteiger partial charge in [-0.1, -0.05) is 31.2 Å². The Hall–Kier alpha value is -2.06. The quantitative estimate of drug-likeness (QED) is 0.239. The third-order valence-electron chi connectivity index (χ3n) is 6.40. The maximum absolute atomic E-state index is 14.0. The fourth-order valence-electron chi connectivity index (χ4n) is 4.73. The molecule has 1 fully saturated rings. The molecule has 182 valence electrons. The van der Waals surface area contributed by atoms with E-state index < -0.39 is 0 Å². The van der Waals surface area contributed by atoms with Crippen LogP contribution in [0.5, 0.6) is 6.01 Å². The van der Waals surface area contributed by atoms with E-state index in [9.17, 15) is 4.79 Å². The molecule has 0 bridgehead atoms. The van der Waals surface area contributed by atoms with Crippen molar-refractivity contribution in [3.05, 3.63) is 59.5 Å². The third-order valence-corrected chi connectivity index (χ3v) is 7.99. The van der Waals surface area contributed by atoms with Gasteiger partial charge in [0.1, 0.15) is 5.69 Å². The Kier molecular flexibility index (Phi) is 7.13. The summed E-state index contributed by atoms with van der Waals surface area (Å²) in [5.41, 5.74) is 5.14. The molecule has 11 heteroatoms. The Morgan fingerprint density at radius 2 is 1.97 bits per heavy atom. The highest BCUT2D eigenvalue weighted by molar-refractivity contribution is 8.17. The second-order valence-corrected chi connectivity index (χ2v) is 11.7. The monoisotopic (exact) mass is 545 g/mol. The Bertz CT molecular complexity index is 1280. The Morgan fingerprint density at radius 1 is 1.14 bits per heavy atom. The summed E-state index contributed by atoms with van der Waals surface area (Å²) in [7, 11) is 8.62. The molecule has 0 spiro atoms. The van der Waals surface area contributed by atoms with Gasteiger partial charge in [-0.3, -0.25) is 4.79 Å². The summed E-state index contributed by atoms with van der Waals surface area (Å²) in [5, 5.41) is 0.101. The van der Waals surface area contributed by atoms with Gasteiger partial charge < -0.3 is 9.08 Å². The van der Waals surface area contributed by atoms with E-state index in [0.717, 1.165) is 42.1 Å². The van der Waals surface area contributed by atoms with Crippen LogP contribution in [-0.4, -0.2) is 45.4 Å². The van der Waals surface area contributed by atoms with Gasteiger partial charge in [0.15, 0.2) is 17.1 Å². The molecule has 3 aromatic rings. The van der Waals surface area contributed by atoms with Gasteiger partial charge in [0.2, 0.25) is 0 Å². The second kappa shape index (κ2) is 10.1. The van der Waals surface area contributed by atoms with E-state index in [1.807, 2.05) is 30.7 Å². The number of hydrogen-bond acceptors (Lipinski definition) is 8. The van der Waals surface area contributed by atoms with Crippen molar-refractivity contribution in [3.63, 3.8) is 0 Å². The number of anilines is 2. The molecule has 2 aliphatic rings. The van der Waals surface area contributed by atoms with Crippen molar-refractivity contribution in [2.24, 2.45) is 0 Å². The molecule has 4 heterocycles. The molecule has 7 nitrogen and oxygen atoms in total. The van der Waals surface area contributed by atoms with E-state index in [0.29, 0.717) is 35.4 Å². The van der Waals surface area contributed by atoms with Gasteiger partial charge in [-0.25, -0.2) is 14.3 Å². The molecular formula is C24H25ClN5O2PS2. The molecule has 1 aromatic carbocycles. The Morgan fingerprint density at radius 3 is 2.71 bits per heavy atom. The first-order valence-electron chi connectivity index (χ1n) is 11.2. The van der Waals surface area contributed by atoms with Gasteiger partial charge in [0.25, 0.3) is 5.91 Å². The van der Waals surface area contributed by atoms with E-state index in [1.54, 1.807) is 4.31 Å². The van der Waals surface area contributed by atoms with Gasteiger partial charge in [0, 0.05) is 53.1 Å². The minimum atomic E-state index is -0.180. The number of amides is 1. The average molecular weight is 546 g/mol. The van der Waals surface area contributed by atoms with Crippen LogP contribution in [0.3, 0.4) is 0 Å². The first kappa shape index (κ1) is 24.6. The first-order chi connectivity index (χ1) is 16.9. The topological polar surface area (TPSA) is 71.5 Å². The number of pyridine rings is 1. The van der Waals surface area contributed by atoms with Gasteiger partial charge in [-0.2, -0.15) is 4.98 Å². The van der Waals surface area contributed by atoms with Crippen molar-refractivity contribution in [2.45, 2.75) is 31.3 Å². The minimum Gasteiger partial charge on any atom is -0.372 e. The van der Waals surface area contributed by atoms with Crippen LogP contribution in [0.1, 0.15) is 35.0 Å². The average Bonchev–Trinajstić information content (AvgIpc) is 3.22. The minimum absolute atomic E-state index is 0.101. The highest BCUT2D eigenvalue weighted by atomic mass is 35.7. The lowest BCUT2D eigenvalue weighted by atomic mass is 9.93. The normalized spacial score (nSPS) is 19.7. The van der Waals surface area contributed by atoms with Crippen LogP contribution in [0.4, 0.5) is 11.5 Å². The van der Waals surface area contributed by atoms with Crippen molar-refractivity contribution >= 4 is 60.5 Å². The largest absolute Gasteiger partial charge is 0.372 e. The molecule has 2 unspecified atom stereocenters. The number of benzene rings is 1. The van der Waals surface area contributed by atoms with E-state index in [-0.39, 0.29) is 17.1 Å². The van der Waals surface area contributed by atoms with Crippen LogP contribution in [0, 0.1) is 0 Å². The third kappa shape index (κ3) is 4.84. The van der Waals surface area contributed by atoms with Gasteiger partial charge in [0.05, 0.1) is 11.3 Å². The SMILES string of the molecule is CSN1C(=O)c2cnc(OSCl)nc2CCc2ccccc2-c2ccnc(N3CCC(C)(P)C3)c21. The summed E-state index contributed by atoms with van der Waals surface area (Å²) in [5.74, 6) is 0.632. The maximum atomic E-state index is 14.0. The molecule has 0 saturated carbocycles. The zero-order valence-electron chi connectivity index (χ0n) is 19.4. The fourth-order valence-corrected chi connectivity index (χ4v) is 6.01. The van der Waals surface area contributed by atoms with Crippen LogP contribution in [-0.2, 0) is 12.8 Å².